The normalized spacial score (nSPS) is 14.1. The first kappa shape index (κ1) is 36.0. The maximum absolute atomic E-state index is 12.5. The van der Waals surface area contributed by atoms with E-state index in [1.165, 1.54) is 41.8 Å². The fourth-order valence-corrected chi connectivity index (χ4v) is 6.31. The molecule has 1 fully saturated rings. The highest BCUT2D eigenvalue weighted by atomic mass is 32.1. The van der Waals surface area contributed by atoms with E-state index in [2.05, 4.69) is 30.8 Å². The van der Waals surface area contributed by atoms with Crippen molar-refractivity contribution in [2.75, 3.05) is 43.4 Å². The van der Waals surface area contributed by atoms with E-state index in [0.717, 1.165) is 41.5 Å². The Hall–Kier alpha value is -5.78. The maximum Gasteiger partial charge on any atom is 0.573 e. The molecule has 0 spiro atoms. The summed E-state index contributed by atoms with van der Waals surface area (Å²) in [6, 6.07) is 15.7. The lowest BCUT2D eigenvalue weighted by atomic mass is 10.1. The van der Waals surface area contributed by atoms with Gasteiger partial charge in [-0.25, -0.2) is 20.0 Å². The lowest BCUT2D eigenvalue weighted by molar-refractivity contribution is -0.274. The number of alkyl halides is 3. The van der Waals surface area contributed by atoms with E-state index >= 15 is 0 Å². The van der Waals surface area contributed by atoms with Gasteiger partial charge >= 0.3 is 18.0 Å². The molecule has 1 aliphatic heterocycles. The number of benzene rings is 3. The van der Waals surface area contributed by atoms with Crippen molar-refractivity contribution < 1.29 is 37.0 Å². The Morgan fingerprint density at radius 2 is 1.75 bits per heavy atom. The molecule has 0 aliphatic carbocycles. The number of fused-ring (bicyclic) bond motifs is 1. The van der Waals surface area contributed by atoms with Crippen LogP contribution in [0.1, 0.15) is 16.8 Å². The van der Waals surface area contributed by atoms with Crippen LogP contribution < -0.4 is 26.4 Å². The monoisotopic (exact) mass is 735 g/mol. The van der Waals surface area contributed by atoms with Crippen LogP contribution >= 0.6 is 11.3 Å². The Kier molecular flexibility index (Phi) is 10.8. The number of carbonyl (C=O) groups is 2. The fourth-order valence-electron chi connectivity index (χ4n) is 5.49. The van der Waals surface area contributed by atoms with Crippen LogP contribution in [0, 0.1) is 6.92 Å². The lowest BCUT2D eigenvalue weighted by Crippen LogP contribution is -2.48. The van der Waals surface area contributed by atoms with Gasteiger partial charge in [0.05, 0.1) is 18.5 Å². The second-order valence-corrected chi connectivity index (χ2v) is 12.7. The Balaban J connectivity index is 0.931. The average molecular weight is 736 g/mol. The van der Waals surface area contributed by atoms with Crippen LogP contribution in [0.4, 0.5) is 29.3 Å². The van der Waals surface area contributed by atoms with E-state index in [1.54, 1.807) is 25.1 Å². The number of thiazole rings is 1. The standard InChI is InChI=1S/C35H32F3N7O6S/c1-21-13-32(48)50-30-16-29(46)23(14-28(21)30)17-39-43-31(47)19-45-11-9-44(10-12-45)18-26-20-52-33(40-26)22-5-7-24(8-6-22)41-34(49)42-25-3-2-4-27(15-25)51-35(36,37)38/h2-8,13-17,20,46H,9-12,18-19H2,1H3,(H,43,47)(H2,41,42,49)/b39-17+. The number of aryl methyl sites for hydroxylation is 1. The zero-order chi connectivity index (χ0) is 36.8. The van der Waals surface area contributed by atoms with Crippen LogP contribution in [0.15, 0.2) is 86.4 Å². The summed E-state index contributed by atoms with van der Waals surface area (Å²) in [5.74, 6) is -0.867. The number of nitrogens with one attached hydrogen (secondary N) is 3. The van der Waals surface area contributed by atoms with Crippen molar-refractivity contribution in [3.63, 3.8) is 0 Å². The molecule has 6 rings (SSSR count). The summed E-state index contributed by atoms with van der Waals surface area (Å²) in [6.45, 7) is 5.42. The number of halogens is 3. The van der Waals surface area contributed by atoms with Crippen molar-refractivity contribution >= 4 is 51.8 Å². The number of piperazine rings is 1. The van der Waals surface area contributed by atoms with Crippen molar-refractivity contribution in [3.05, 3.63) is 99.4 Å². The number of urea groups is 1. The zero-order valence-electron chi connectivity index (χ0n) is 27.6. The SMILES string of the molecule is Cc1cc(=O)oc2cc(O)c(/C=N/NC(=O)CN3CCN(Cc4csc(-c5ccc(NC(=O)Nc6cccc(OC(F)(F)F)c6)cc5)n4)CC3)cc12. The van der Waals surface area contributed by atoms with Gasteiger partial charge < -0.3 is 24.9 Å². The summed E-state index contributed by atoms with van der Waals surface area (Å²) in [7, 11) is 0. The van der Waals surface area contributed by atoms with E-state index in [0.29, 0.717) is 41.8 Å². The van der Waals surface area contributed by atoms with E-state index in [-0.39, 0.29) is 29.5 Å². The Morgan fingerprint density at radius 1 is 1.02 bits per heavy atom. The van der Waals surface area contributed by atoms with E-state index < -0.39 is 23.8 Å². The molecule has 17 heteroatoms. The topological polar surface area (TPSA) is 162 Å². The van der Waals surface area contributed by atoms with Gasteiger partial charge in [-0.05, 0) is 55.0 Å². The molecule has 4 N–H and O–H groups in total. The first-order valence-corrected chi connectivity index (χ1v) is 16.8. The Morgan fingerprint density at radius 3 is 2.50 bits per heavy atom. The van der Waals surface area contributed by atoms with Crippen molar-refractivity contribution in [2.45, 2.75) is 19.8 Å². The van der Waals surface area contributed by atoms with Crippen molar-refractivity contribution in [1.29, 1.82) is 0 Å². The molecule has 0 unspecified atom stereocenters. The molecule has 1 aliphatic rings. The summed E-state index contributed by atoms with van der Waals surface area (Å²) in [5, 5.41) is 22.9. The van der Waals surface area contributed by atoms with Crippen LogP contribution in [0.2, 0.25) is 0 Å². The molecule has 13 nitrogen and oxygen atoms in total. The van der Waals surface area contributed by atoms with Gasteiger partial charge in [0, 0.05) is 84.2 Å². The summed E-state index contributed by atoms with van der Waals surface area (Å²) in [5.41, 5.74) is 5.71. The van der Waals surface area contributed by atoms with Crippen molar-refractivity contribution in [3.8, 4) is 22.1 Å². The number of carbonyl (C=O) groups excluding carboxylic acids is 2. The highest BCUT2D eigenvalue weighted by Gasteiger charge is 2.31. The fraction of sp³-hybridized carbons (Fsp3) is 0.229. The number of aromatic hydroxyl groups is 1. The van der Waals surface area contributed by atoms with Gasteiger partial charge in [0.2, 0.25) is 0 Å². The van der Waals surface area contributed by atoms with E-state index in [1.807, 2.05) is 22.4 Å². The number of phenolic OH excluding ortho intramolecular Hbond substituents is 1. The Bertz CT molecular complexity index is 2160. The van der Waals surface area contributed by atoms with E-state index in [9.17, 15) is 32.7 Å². The molecular formula is C35H32F3N7O6S. The predicted octanol–water partition coefficient (Wildman–Crippen LogP) is 5.74. The highest BCUT2D eigenvalue weighted by molar-refractivity contribution is 7.13. The highest BCUT2D eigenvalue weighted by Crippen LogP contribution is 2.28. The molecule has 2 aromatic heterocycles. The second-order valence-electron chi connectivity index (χ2n) is 11.9. The summed E-state index contributed by atoms with van der Waals surface area (Å²) < 4.78 is 46.5. The van der Waals surface area contributed by atoms with E-state index in [4.69, 9.17) is 9.40 Å². The van der Waals surface area contributed by atoms with Gasteiger partial charge in [-0.15, -0.1) is 24.5 Å². The van der Waals surface area contributed by atoms with Gasteiger partial charge in [0.15, 0.2) is 0 Å². The molecule has 3 aromatic carbocycles. The smallest absolute Gasteiger partial charge is 0.507 e. The summed E-state index contributed by atoms with van der Waals surface area (Å²) >= 11 is 1.50. The number of hydrazone groups is 1. The van der Waals surface area contributed by atoms with Crippen LogP contribution in [0.3, 0.4) is 0 Å². The molecule has 52 heavy (non-hydrogen) atoms. The van der Waals surface area contributed by atoms with Gasteiger partial charge in [0.1, 0.15) is 22.1 Å². The number of aromatic nitrogens is 1. The third-order valence-electron chi connectivity index (χ3n) is 7.98. The van der Waals surface area contributed by atoms with Crippen LogP contribution in [-0.4, -0.2) is 77.1 Å². The first-order valence-electron chi connectivity index (χ1n) is 15.9. The molecule has 3 heterocycles. The molecular weight excluding hydrogens is 703 g/mol. The van der Waals surface area contributed by atoms with Crippen LogP contribution in [-0.2, 0) is 11.3 Å². The van der Waals surface area contributed by atoms with Gasteiger partial charge in [-0.3, -0.25) is 14.6 Å². The first-order chi connectivity index (χ1) is 24.9. The summed E-state index contributed by atoms with van der Waals surface area (Å²) in [4.78, 5) is 45.6. The van der Waals surface area contributed by atoms with Gasteiger partial charge in [-0.1, -0.05) is 6.07 Å². The van der Waals surface area contributed by atoms with Crippen LogP contribution in [0.5, 0.6) is 11.5 Å². The molecule has 0 atom stereocenters. The second kappa shape index (κ2) is 15.6. The number of hydrogen-bond acceptors (Lipinski definition) is 11. The molecule has 270 valence electrons. The minimum absolute atomic E-state index is 0.134. The third-order valence-corrected chi connectivity index (χ3v) is 8.92. The molecule has 1 saturated heterocycles. The maximum atomic E-state index is 12.5. The summed E-state index contributed by atoms with van der Waals surface area (Å²) in [6.07, 6.45) is -3.50. The third kappa shape index (κ3) is 9.71. The Labute approximate surface area is 298 Å². The van der Waals surface area contributed by atoms with Crippen LogP contribution in [0.25, 0.3) is 21.5 Å². The predicted molar refractivity (Wildman–Crippen MR) is 190 cm³/mol. The minimum Gasteiger partial charge on any atom is -0.507 e. The molecule has 0 bridgehead atoms. The zero-order valence-corrected chi connectivity index (χ0v) is 28.4. The largest absolute Gasteiger partial charge is 0.573 e. The number of ether oxygens (including phenoxy) is 1. The van der Waals surface area contributed by atoms with Gasteiger partial charge in [-0.2, -0.15) is 5.10 Å². The van der Waals surface area contributed by atoms with Crippen molar-refractivity contribution in [1.82, 2.24) is 20.2 Å². The average Bonchev–Trinajstić information content (AvgIpc) is 3.54. The van der Waals surface area contributed by atoms with Crippen molar-refractivity contribution in [2.24, 2.45) is 5.10 Å². The number of rotatable bonds is 10. The van der Waals surface area contributed by atoms with Gasteiger partial charge in [0.25, 0.3) is 5.91 Å². The molecule has 3 amide bonds. The lowest BCUT2D eigenvalue weighted by Gasteiger charge is -2.33. The molecule has 0 radical (unpaired) electrons. The number of amides is 3. The quantitative estimate of drug-likeness (QED) is 0.0797. The number of hydrogen-bond donors (Lipinski definition) is 4. The number of anilines is 2. The minimum atomic E-state index is -4.84. The molecule has 5 aromatic rings. The molecule has 0 saturated carbocycles. The number of phenols is 1. The number of nitrogens with zero attached hydrogens (tertiary/aromatic N) is 4.